The van der Waals surface area contributed by atoms with Crippen molar-refractivity contribution in [2.75, 3.05) is 33.8 Å². The molecule has 2 aromatic rings. The molecule has 1 aliphatic heterocycles. The number of carbonyl (C=O) groups excluding carboxylic acids is 2. The predicted molar refractivity (Wildman–Crippen MR) is 109 cm³/mol. The average Bonchev–Trinajstić information content (AvgIpc) is 3.22. The summed E-state index contributed by atoms with van der Waals surface area (Å²) in [7, 11) is 3.57. The minimum atomic E-state index is -0.393. The Hall–Kier alpha value is -2.71. The normalized spacial score (nSPS) is 17.3. The molecule has 0 radical (unpaired) electrons. The number of aryl methyl sites for hydroxylation is 1. The molecule has 2 heterocycles. The maximum Gasteiger partial charge on any atom is 0.274 e. The zero-order valence-corrected chi connectivity index (χ0v) is 17.3. The van der Waals surface area contributed by atoms with Crippen LogP contribution >= 0.6 is 0 Å². The monoisotopic (exact) mass is 399 g/mol. The van der Waals surface area contributed by atoms with Crippen LogP contribution < -0.4 is 5.32 Å². The zero-order chi connectivity index (χ0) is 20.8. The quantitative estimate of drug-likeness (QED) is 0.755. The fourth-order valence-electron chi connectivity index (χ4n) is 3.48. The van der Waals surface area contributed by atoms with Gasteiger partial charge < -0.3 is 15.0 Å². The number of amides is 2. The highest BCUT2D eigenvalue weighted by Gasteiger charge is 2.33. The Bertz CT molecular complexity index is 850. The van der Waals surface area contributed by atoms with E-state index in [0.717, 1.165) is 11.1 Å². The number of nitrogens with zero attached hydrogens (tertiary/aromatic N) is 4. The van der Waals surface area contributed by atoms with Crippen molar-refractivity contribution in [3.05, 3.63) is 53.3 Å². The molecule has 3 rings (SSSR count). The summed E-state index contributed by atoms with van der Waals surface area (Å²) in [6.07, 6.45) is 1.80. The number of carbonyl (C=O) groups is 2. The van der Waals surface area contributed by atoms with E-state index in [1.165, 1.54) is 0 Å². The Morgan fingerprint density at radius 3 is 2.66 bits per heavy atom. The second-order valence-corrected chi connectivity index (χ2v) is 7.22. The van der Waals surface area contributed by atoms with Gasteiger partial charge in [0, 0.05) is 46.0 Å². The molecule has 8 heteroatoms. The van der Waals surface area contributed by atoms with Crippen molar-refractivity contribution in [2.45, 2.75) is 32.7 Å². The van der Waals surface area contributed by atoms with Gasteiger partial charge >= 0.3 is 0 Å². The molecular formula is C21H29N5O3. The van der Waals surface area contributed by atoms with E-state index in [-0.39, 0.29) is 11.8 Å². The minimum Gasteiger partial charge on any atom is -0.380 e. The highest BCUT2D eigenvalue weighted by atomic mass is 16.5. The lowest BCUT2D eigenvalue weighted by molar-refractivity contribution is -0.127. The predicted octanol–water partition coefficient (Wildman–Crippen LogP) is 1.12. The molecule has 1 aromatic heterocycles. The molecule has 0 saturated carbocycles. The molecule has 1 N–H and O–H groups in total. The summed E-state index contributed by atoms with van der Waals surface area (Å²) in [5.41, 5.74) is 2.50. The summed E-state index contributed by atoms with van der Waals surface area (Å²) in [5.74, 6) is -0.218. The van der Waals surface area contributed by atoms with Crippen molar-refractivity contribution in [2.24, 2.45) is 0 Å². The molecule has 8 nitrogen and oxygen atoms in total. The van der Waals surface area contributed by atoms with E-state index < -0.39 is 6.04 Å². The van der Waals surface area contributed by atoms with E-state index in [2.05, 4.69) is 10.4 Å². The number of hydrogen-bond acceptors (Lipinski definition) is 5. The van der Waals surface area contributed by atoms with Crippen LogP contribution in [0.15, 0.2) is 36.5 Å². The third-order valence-electron chi connectivity index (χ3n) is 5.29. The van der Waals surface area contributed by atoms with Gasteiger partial charge in [-0.1, -0.05) is 24.3 Å². The number of piperazine rings is 1. The summed E-state index contributed by atoms with van der Waals surface area (Å²) in [5, 5.41) is 7.31. The SMILES string of the molecule is CCn1ccc(C(=O)N2CCN(C)[C@H](C(=O)NCc3ccccc3COC)C2)n1. The Labute approximate surface area is 171 Å². The Kier molecular flexibility index (Phi) is 7.00. The minimum absolute atomic E-state index is 0.0868. The first-order valence-corrected chi connectivity index (χ1v) is 9.89. The first kappa shape index (κ1) is 21.0. The van der Waals surface area contributed by atoms with Crippen LogP contribution in [0.1, 0.15) is 28.5 Å². The largest absolute Gasteiger partial charge is 0.380 e. The lowest BCUT2D eigenvalue weighted by atomic mass is 10.1. The lowest BCUT2D eigenvalue weighted by Gasteiger charge is -2.38. The summed E-state index contributed by atoms with van der Waals surface area (Å²) < 4.78 is 6.96. The zero-order valence-electron chi connectivity index (χ0n) is 17.3. The molecule has 1 atom stereocenters. The highest BCUT2D eigenvalue weighted by molar-refractivity contribution is 5.93. The van der Waals surface area contributed by atoms with Gasteiger partial charge in [-0.25, -0.2) is 0 Å². The van der Waals surface area contributed by atoms with Crippen molar-refractivity contribution in [3.8, 4) is 0 Å². The molecule has 1 aromatic carbocycles. The lowest BCUT2D eigenvalue weighted by Crippen LogP contribution is -2.58. The van der Waals surface area contributed by atoms with Crippen LogP contribution in [0.25, 0.3) is 0 Å². The number of nitrogens with one attached hydrogen (secondary N) is 1. The van der Waals surface area contributed by atoms with Crippen molar-refractivity contribution < 1.29 is 14.3 Å². The standard InChI is InChI=1S/C21H29N5O3/c1-4-26-10-9-18(23-26)21(28)25-12-11-24(2)19(14-25)20(27)22-13-16-7-5-6-8-17(16)15-29-3/h5-10,19H,4,11-15H2,1-3H3,(H,22,27)/t19-/m0/s1. The smallest absolute Gasteiger partial charge is 0.274 e. The van der Waals surface area contributed by atoms with Gasteiger partial charge in [-0.2, -0.15) is 5.10 Å². The van der Waals surface area contributed by atoms with E-state index >= 15 is 0 Å². The molecule has 29 heavy (non-hydrogen) atoms. The molecule has 0 spiro atoms. The Balaban J connectivity index is 1.63. The molecule has 1 fully saturated rings. The van der Waals surface area contributed by atoms with Gasteiger partial charge in [-0.05, 0) is 31.2 Å². The maximum absolute atomic E-state index is 12.9. The van der Waals surface area contributed by atoms with Crippen LogP contribution in [0.4, 0.5) is 0 Å². The molecule has 1 saturated heterocycles. The van der Waals surface area contributed by atoms with E-state index in [1.807, 2.05) is 43.1 Å². The van der Waals surface area contributed by atoms with Gasteiger partial charge in [0.25, 0.3) is 5.91 Å². The summed E-state index contributed by atoms with van der Waals surface area (Å²) >= 11 is 0. The van der Waals surface area contributed by atoms with Crippen molar-refractivity contribution in [1.82, 2.24) is 24.9 Å². The van der Waals surface area contributed by atoms with Gasteiger partial charge in [-0.3, -0.25) is 19.2 Å². The van der Waals surface area contributed by atoms with E-state index in [9.17, 15) is 9.59 Å². The fourth-order valence-corrected chi connectivity index (χ4v) is 3.48. The summed E-state index contributed by atoms with van der Waals surface area (Å²) in [6, 6.07) is 9.22. The number of hydrogen-bond donors (Lipinski definition) is 1. The number of ether oxygens (including phenoxy) is 1. The number of benzene rings is 1. The van der Waals surface area contributed by atoms with Gasteiger partial charge in [0.1, 0.15) is 11.7 Å². The third kappa shape index (κ3) is 5.02. The number of aromatic nitrogens is 2. The van der Waals surface area contributed by atoms with Crippen LogP contribution in [-0.2, 0) is 29.2 Å². The molecule has 1 aliphatic rings. The number of methoxy groups -OCH3 is 1. The Morgan fingerprint density at radius 1 is 1.21 bits per heavy atom. The second-order valence-electron chi connectivity index (χ2n) is 7.22. The van der Waals surface area contributed by atoms with Crippen LogP contribution in [0.2, 0.25) is 0 Å². The average molecular weight is 399 g/mol. The van der Waals surface area contributed by atoms with Gasteiger partial charge in [0.2, 0.25) is 5.91 Å². The van der Waals surface area contributed by atoms with E-state index in [1.54, 1.807) is 29.0 Å². The molecule has 0 aliphatic carbocycles. The van der Waals surface area contributed by atoms with Gasteiger partial charge in [-0.15, -0.1) is 0 Å². The molecule has 2 amide bonds. The van der Waals surface area contributed by atoms with Crippen molar-refractivity contribution in [1.29, 1.82) is 0 Å². The number of likely N-dealkylation sites (N-methyl/N-ethyl adjacent to an activating group) is 1. The molecule has 0 bridgehead atoms. The second kappa shape index (κ2) is 9.67. The molecular weight excluding hydrogens is 370 g/mol. The summed E-state index contributed by atoms with van der Waals surface area (Å²) in [6.45, 7) is 5.18. The van der Waals surface area contributed by atoms with Crippen LogP contribution in [0.5, 0.6) is 0 Å². The van der Waals surface area contributed by atoms with Crippen LogP contribution in [0, 0.1) is 0 Å². The first-order valence-electron chi connectivity index (χ1n) is 9.89. The van der Waals surface area contributed by atoms with Gasteiger partial charge in [0.05, 0.1) is 6.61 Å². The van der Waals surface area contributed by atoms with Gasteiger partial charge in [0.15, 0.2) is 0 Å². The van der Waals surface area contributed by atoms with Crippen molar-refractivity contribution in [3.63, 3.8) is 0 Å². The van der Waals surface area contributed by atoms with E-state index in [4.69, 9.17) is 4.74 Å². The third-order valence-corrected chi connectivity index (χ3v) is 5.29. The molecule has 156 valence electrons. The van der Waals surface area contributed by atoms with Crippen LogP contribution in [-0.4, -0.2) is 71.2 Å². The summed E-state index contributed by atoms with van der Waals surface area (Å²) in [4.78, 5) is 29.4. The maximum atomic E-state index is 12.9. The topological polar surface area (TPSA) is 79.7 Å². The first-order chi connectivity index (χ1) is 14.0. The number of rotatable bonds is 7. The van der Waals surface area contributed by atoms with Crippen LogP contribution in [0.3, 0.4) is 0 Å². The Morgan fingerprint density at radius 2 is 1.97 bits per heavy atom. The molecule has 0 unspecified atom stereocenters. The fraction of sp³-hybridized carbons (Fsp3) is 0.476. The van der Waals surface area contributed by atoms with Crippen molar-refractivity contribution >= 4 is 11.8 Å². The highest BCUT2D eigenvalue weighted by Crippen LogP contribution is 2.13. The van der Waals surface area contributed by atoms with E-state index in [0.29, 0.717) is 45.0 Å².